The highest BCUT2D eigenvalue weighted by atomic mass is 32.1. The summed E-state index contributed by atoms with van der Waals surface area (Å²) < 4.78 is 2.12. The van der Waals surface area contributed by atoms with Gasteiger partial charge in [-0.05, 0) is 50.7 Å². The van der Waals surface area contributed by atoms with Crippen LogP contribution in [0.1, 0.15) is 56.8 Å². The maximum absolute atomic E-state index is 12.9. The van der Waals surface area contributed by atoms with Crippen molar-refractivity contribution in [2.45, 2.75) is 44.9 Å². The van der Waals surface area contributed by atoms with Crippen molar-refractivity contribution in [1.82, 2.24) is 14.5 Å². The smallest absolute Gasteiger partial charge is 0.263 e. The lowest BCUT2D eigenvalue weighted by Gasteiger charge is -2.32. The second kappa shape index (κ2) is 5.78. The molecule has 4 nitrogen and oxygen atoms in total. The normalized spacial score (nSPS) is 20.8. The number of carbonyl (C=O) groups excluding carboxylic acids is 1. The van der Waals surface area contributed by atoms with E-state index in [2.05, 4.69) is 28.9 Å². The molecule has 3 heterocycles. The lowest BCUT2D eigenvalue weighted by atomic mass is 9.97. The molecule has 2 aromatic heterocycles. The largest absolute Gasteiger partial charge is 0.337 e. The molecule has 0 saturated carbocycles. The highest BCUT2D eigenvalue weighted by Crippen LogP contribution is 2.33. The van der Waals surface area contributed by atoms with Crippen molar-refractivity contribution in [3.8, 4) is 0 Å². The van der Waals surface area contributed by atoms with Gasteiger partial charge in [0, 0.05) is 37.1 Å². The number of aromatic nitrogens is 2. The minimum Gasteiger partial charge on any atom is -0.337 e. The standard InChI is InChI=1S/C18H23N3OS/c1-12-10-20(2)17(19-12)14-6-4-8-21(11-14)18(22)16-9-13-5-3-7-15(13)23-16/h9-10,14H,3-8,11H2,1-2H3/t14-/m0/s1. The molecule has 23 heavy (non-hydrogen) atoms. The zero-order valence-corrected chi connectivity index (χ0v) is 14.7. The van der Waals surface area contributed by atoms with Gasteiger partial charge in [0.05, 0.1) is 10.6 Å². The molecule has 0 radical (unpaired) electrons. The van der Waals surface area contributed by atoms with Gasteiger partial charge in [0.25, 0.3) is 5.91 Å². The van der Waals surface area contributed by atoms with Gasteiger partial charge >= 0.3 is 0 Å². The third kappa shape index (κ3) is 2.71. The number of piperidine rings is 1. The quantitative estimate of drug-likeness (QED) is 0.848. The van der Waals surface area contributed by atoms with Gasteiger partial charge in [-0.15, -0.1) is 11.3 Å². The van der Waals surface area contributed by atoms with Crippen LogP contribution in [0.2, 0.25) is 0 Å². The van der Waals surface area contributed by atoms with Gasteiger partial charge in [0.1, 0.15) is 5.82 Å². The van der Waals surface area contributed by atoms with Gasteiger partial charge in [-0.2, -0.15) is 0 Å². The first kappa shape index (κ1) is 14.9. The van der Waals surface area contributed by atoms with Crippen LogP contribution in [0.25, 0.3) is 0 Å². The first-order valence-corrected chi connectivity index (χ1v) is 9.34. The number of likely N-dealkylation sites (tertiary alicyclic amines) is 1. The van der Waals surface area contributed by atoms with Crippen LogP contribution < -0.4 is 0 Å². The number of thiophene rings is 1. The summed E-state index contributed by atoms with van der Waals surface area (Å²) in [6.45, 7) is 3.70. The van der Waals surface area contributed by atoms with Crippen molar-refractivity contribution < 1.29 is 4.79 Å². The van der Waals surface area contributed by atoms with E-state index in [1.165, 1.54) is 16.9 Å². The topological polar surface area (TPSA) is 38.1 Å². The van der Waals surface area contributed by atoms with Crippen molar-refractivity contribution in [2.24, 2.45) is 7.05 Å². The van der Waals surface area contributed by atoms with Gasteiger partial charge in [-0.1, -0.05) is 0 Å². The van der Waals surface area contributed by atoms with E-state index in [0.29, 0.717) is 5.92 Å². The zero-order valence-electron chi connectivity index (χ0n) is 13.8. The molecule has 1 aliphatic carbocycles. The van der Waals surface area contributed by atoms with Crippen molar-refractivity contribution in [3.05, 3.63) is 39.1 Å². The minimum atomic E-state index is 0.222. The van der Waals surface area contributed by atoms with Crippen molar-refractivity contribution in [2.75, 3.05) is 13.1 Å². The van der Waals surface area contributed by atoms with E-state index < -0.39 is 0 Å². The molecular weight excluding hydrogens is 306 g/mol. The third-order valence-electron chi connectivity index (χ3n) is 5.06. The molecule has 1 atom stereocenters. The number of hydrogen-bond acceptors (Lipinski definition) is 3. The van der Waals surface area contributed by atoms with Crippen LogP contribution >= 0.6 is 11.3 Å². The summed E-state index contributed by atoms with van der Waals surface area (Å²) in [5.41, 5.74) is 2.47. The number of hydrogen-bond donors (Lipinski definition) is 0. The van der Waals surface area contributed by atoms with E-state index in [0.717, 1.165) is 55.2 Å². The van der Waals surface area contributed by atoms with Crippen LogP contribution in [0.3, 0.4) is 0 Å². The fraction of sp³-hybridized carbons (Fsp3) is 0.556. The highest BCUT2D eigenvalue weighted by molar-refractivity contribution is 7.14. The zero-order chi connectivity index (χ0) is 16.0. The predicted molar refractivity (Wildman–Crippen MR) is 92.2 cm³/mol. The fourth-order valence-electron chi connectivity index (χ4n) is 3.98. The van der Waals surface area contributed by atoms with Gasteiger partial charge in [-0.3, -0.25) is 4.79 Å². The number of rotatable bonds is 2. The van der Waals surface area contributed by atoms with Gasteiger partial charge in [0.15, 0.2) is 0 Å². The van der Waals surface area contributed by atoms with Crippen LogP contribution in [0, 0.1) is 6.92 Å². The Balaban J connectivity index is 1.52. The molecule has 4 rings (SSSR count). The fourth-order valence-corrected chi connectivity index (χ4v) is 5.20. The Kier molecular flexibility index (Phi) is 3.76. The maximum atomic E-state index is 12.9. The second-order valence-electron chi connectivity index (χ2n) is 6.85. The Labute approximate surface area is 141 Å². The molecule has 2 aliphatic rings. The molecule has 0 unspecified atom stereocenters. The van der Waals surface area contributed by atoms with Crippen molar-refractivity contribution in [3.63, 3.8) is 0 Å². The monoisotopic (exact) mass is 329 g/mol. The molecule has 1 aliphatic heterocycles. The average Bonchev–Trinajstić information content (AvgIpc) is 3.21. The molecular formula is C18H23N3OS. The van der Waals surface area contributed by atoms with E-state index in [-0.39, 0.29) is 5.91 Å². The van der Waals surface area contributed by atoms with E-state index in [1.807, 2.05) is 11.8 Å². The molecule has 0 bridgehead atoms. The molecule has 0 aromatic carbocycles. The number of nitrogens with zero attached hydrogens (tertiary/aromatic N) is 3. The lowest BCUT2D eigenvalue weighted by molar-refractivity contribution is 0.0708. The van der Waals surface area contributed by atoms with E-state index in [4.69, 9.17) is 0 Å². The average molecular weight is 329 g/mol. The minimum absolute atomic E-state index is 0.222. The van der Waals surface area contributed by atoms with E-state index >= 15 is 0 Å². The summed E-state index contributed by atoms with van der Waals surface area (Å²) in [4.78, 5) is 22.0. The summed E-state index contributed by atoms with van der Waals surface area (Å²) in [5, 5.41) is 0. The van der Waals surface area contributed by atoms with Crippen molar-refractivity contribution in [1.29, 1.82) is 0 Å². The highest BCUT2D eigenvalue weighted by Gasteiger charge is 2.29. The van der Waals surface area contributed by atoms with Crippen LogP contribution in [0.4, 0.5) is 0 Å². The first-order chi connectivity index (χ1) is 11.1. The van der Waals surface area contributed by atoms with Crippen LogP contribution in [0.5, 0.6) is 0 Å². The number of amides is 1. The second-order valence-corrected chi connectivity index (χ2v) is 7.99. The molecule has 0 N–H and O–H groups in total. The van der Waals surface area contributed by atoms with Crippen LogP contribution in [-0.4, -0.2) is 33.4 Å². The lowest BCUT2D eigenvalue weighted by Crippen LogP contribution is -2.39. The van der Waals surface area contributed by atoms with Gasteiger partial charge in [-0.25, -0.2) is 4.98 Å². The van der Waals surface area contributed by atoms with Crippen LogP contribution in [-0.2, 0) is 19.9 Å². The summed E-state index contributed by atoms with van der Waals surface area (Å²) in [6, 6.07) is 2.14. The molecule has 0 spiro atoms. The van der Waals surface area contributed by atoms with E-state index in [9.17, 15) is 4.79 Å². The molecule has 2 aromatic rings. The SMILES string of the molecule is Cc1cn(C)c([C@H]2CCCN(C(=O)c3cc4c(s3)CCC4)C2)n1. The molecule has 122 valence electrons. The predicted octanol–water partition coefficient (Wildman–Crippen LogP) is 3.30. The molecule has 5 heteroatoms. The van der Waals surface area contributed by atoms with Crippen LogP contribution in [0.15, 0.2) is 12.3 Å². The Hall–Kier alpha value is -1.62. The summed E-state index contributed by atoms with van der Waals surface area (Å²) in [6.07, 6.45) is 7.80. The summed E-state index contributed by atoms with van der Waals surface area (Å²) >= 11 is 1.72. The maximum Gasteiger partial charge on any atom is 0.263 e. The number of aryl methyl sites for hydroxylation is 4. The molecule has 1 amide bonds. The Morgan fingerprint density at radius 1 is 1.35 bits per heavy atom. The Bertz CT molecular complexity index is 724. The van der Waals surface area contributed by atoms with Gasteiger partial charge < -0.3 is 9.47 Å². The Morgan fingerprint density at radius 3 is 2.96 bits per heavy atom. The molecule has 1 saturated heterocycles. The van der Waals surface area contributed by atoms with E-state index in [1.54, 1.807) is 11.3 Å². The van der Waals surface area contributed by atoms with Gasteiger partial charge in [0.2, 0.25) is 0 Å². The number of fused-ring (bicyclic) bond motifs is 1. The summed E-state index contributed by atoms with van der Waals surface area (Å²) in [7, 11) is 2.06. The van der Waals surface area contributed by atoms with Crippen molar-refractivity contribution >= 4 is 17.2 Å². The molecule has 1 fully saturated rings. The number of carbonyl (C=O) groups is 1. The summed E-state index contributed by atoms with van der Waals surface area (Å²) in [5.74, 6) is 1.70. The number of imidazole rings is 1. The third-order valence-corrected chi connectivity index (χ3v) is 6.29. The Morgan fingerprint density at radius 2 is 2.22 bits per heavy atom. The first-order valence-electron chi connectivity index (χ1n) is 8.52.